The predicted molar refractivity (Wildman–Crippen MR) is 443 cm³/mol. The Morgan fingerprint density at radius 1 is 0.325 bits per heavy atom. The molecule has 0 aromatic rings. The Labute approximate surface area is 739 Å². The summed E-state index contributed by atoms with van der Waals surface area (Å²) in [6.45, 7) is 1.01. The standard InChI is InChI=1S/C86H155N3O37/c1-6-8-10-12-14-16-18-20-21-22-23-24-25-27-29-31-33-35-37-39-58(99)89-50(51(98)38-36-34-32-30-28-26-19-17-15-13-11-9-7-2)46-113-82-71(110)68(107)75(56(44-94)120-82)122-86-72(111)78(63(102)53(41-91)117-86)125-80-59(87-48(4)96)65(104)74(55(43-93)118-80)121-85-73(112)79(64(103)54(42-92)116-85)126-81-60(88-49(5)97)77(124-83-69(108)66(105)61(100)47(3)114-83)76(57(45-95)119-81)123-84-70(109)67(106)62(101)52(40-90)115-84/h36,38,47,50-57,59-86,90-95,98,100-112H,6-35,37,39-46H2,1-5H3,(H,87,96)(H,88,97)(H,89,99)/b38-36+/t47?,50-,51+,52?,53?,54?,55?,56?,57?,59?,60?,61+,62-,63-,64-,65+,66?,67-,68+,69-,70?,71?,72?,73?,74+,75+,76+,77+,78-,79-,80-,81-,82+,83+,84-,85-,86-/m0/s1. The maximum absolute atomic E-state index is 13.6. The van der Waals surface area contributed by atoms with Crippen LogP contribution in [0, 0.1) is 0 Å². The van der Waals surface area contributed by atoms with Crippen molar-refractivity contribution in [1.29, 1.82) is 0 Å². The Kier molecular flexibility index (Phi) is 50.7. The van der Waals surface area contributed by atoms with Gasteiger partial charge in [0.1, 0.15) is 165 Å². The van der Waals surface area contributed by atoms with E-state index in [2.05, 4.69) is 29.8 Å². The van der Waals surface area contributed by atoms with Crippen LogP contribution in [0.15, 0.2) is 12.2 Å². The van der Waals surface area contributed by atoms with E-state index in [0.29, 0.717) is 12.8 Å². The molecule has 40 heteroatoms. The van der Waals surface area contributed by atoms with Crippen LogP contribution in [0.4, 0.5) is 0 Å². The van der Waals surface area contributed by atoms with Crippen molar-refractivity contribution in [3.8, 4) is 0 Å². The third kappa shape index (κ3) is 32.8. The molecule has 0 radical (unpaired) electrons. The van der Waals surface area contributed by atoms with Crippen molar-refractivity contribution >= 4 is 17.7 Å². The minimum absolute atomic E-state index is 0.164. The van der Waals surface area contributed by atoms with Crippen LogP contribution in [0.5, 0.6) is 0 Å². The predicted octanol–water partition coefficient (Wildman–Crippen LogP) is -2.01. The minimum atomic E-state index is -2.34. The van der Waals surface area contributed by atoms with E-state index in [1.165, 1.54) is 142 Å². The minimum Gasteiger partial charge on any atom is -0.394 e. The molecule has 126 heavy (non-hydrogen) atoms. The summed E-state index contributed by atoms with van der Waals surface area (Å²) in [6.07, 6.45) is -26.0. The topological polar surface area (TPSA) is 621 Å². The molecule has 7 fully saturated rings. The number of aliphatic hydroxyl groups is 20. The van der Waals surface area contributed by atoms with Gasteiger partial charge in [-0.3, -0.25) is 14.4 Å². The van der Waals surface area contributed by atoms with Crippen molar-refractivity contribution in [2.75, 3.05) is 46.2 Å². The van der Waals surface area contributed by atoms with E-state index in [4.69, 9.17) is 66.3 Å². The molecule has 7 heterocycles. The molecular weight excluding hydrogens is 1670 g/mol. The second-order valence-corrected chi connectivity index (χ2v) is 34.9. The lowest BCUT2D eigenvalue weighted by molar-refractivity contribution is -0.393. The molecule has 37 atom stereocenters. The lowest BCUT2D eigenvalue weighted by Gasteiger charge is -2.52. The van der Waals surface area contributed by atoms with Gasteiger partial charge in [0.25, 0.3) is 0 Å². The van der Waals surface area contributed by atoms with Crippen molar-refractivity contribution in [1.82, 2.24) is 16.0 Å². The number of hydrogen-bond donors (Lipinski definition) is 23. The summed E-state index contributed by atoms with van der Waals surface area (Å²) in [6, 6.07) is -4.85. The molecule has 0 aromatic carbocycles. The first kappa shape index (κ1) is 110. The fourth-order valence-electron chi connectivity index (χ4n) is 17.2. The molecule has 14 unspecified atom stereocenters. The Morgan fingerprint density at radius 3 is 1.09 bits per heavy atom. The molecule has 0 bridgehead atoms. The highest BCUT2D eigenvalue weighted by Gasteiger charge is 2.60. The summed E-state index contributed by atoms with van der Waals surface area (Å²) in [4.78, 5) is 40.0. The second-order valence-electron chi connectivity index (χ2n) is 34.9. The van der Waals surface area contributed by atoms with Crippen molar-refractivity contribution < 1.29 is 183 Å². The van der Waals surface area contributed by atoms with Gasteiger partial charge in [0.2, 0.25) is 17.7 Å². The molecule has 7 aliphatic heterocycles. The first-order valence-electron chi connectivity index (χ1n) is 46.3. The Balaban J connectivity index is 0.999. The maximum atomic E-state index is 13.6. The summed E-state index contributed by atoms with van der Waals surface area (Å²) in [7, 11) is 0. The van der Waals surface area contributed by atoms with Gasteiger partial charge in [-0.15, -0.1) is 0 Å². The third-order valence-electron chi connectivity index (χ3n) is 24.8. The average Bonchev–Trinajstić information content (AvgIpc) is 0.760. The number of unbranched alkanes of at least 4 members (excludes halogenated alkanes) is 29. The fraction of sp³-hybridized carbons (Fsp3) is 0.942. The quantitative estimate of drug-likeness (QED) is 0.0231. The molecule has 0 spiro atoms. The average molecular weight is 1820 g/mol. The van der Waals surface area contributed by atoms with E-state index in [9.17, 15) is 117 Å². The van der Waals surface area contributed by atoms with Gasteiger partial charge in [0.15, 0.2) is 44.0 Å². The van der Waals surface area contributed by atoms with E-state index in [-0.39, 0.29) is 12.3 Å². The number of rotatable bonds is 58. The van der Waals surface area contributed by atoms with Crippen molar-refractivity contribution in [3.63, 3.8) is 0 Å². The highest BCUT2D eigenvalue weighted by atomic mass is 16.8. The number of nitrogens with one attached hydrogen (secondary N) is 3. The largest absolute Gasteiger partial charge is 0.394 e. The van der Waals surface area contributed by atoms with E-state index < -0.39 is 285 Å². The lowest BCUT2D eigenvalue weighted by atomic mass is 9.93. The number of carbonyl (C=O) groups is 3. The number of allylic oxidation sites excluding steroid dienone is 1. The smallest absolute Gasteiger partial charge is 0.220 e. The molecular formula is C86H155N3O37. The van der Waals surface area contributed by atoms with Crippen LogP contribution in [-0.4, -0.2) is 393 Å². The number of amides is 3. The molecule has 0 aliphatic carbocycles. The molecule has 40 nitrogen and oxygen atoms in total. The summed E-state index contributed by atoms with van der Waals surface area (Å²) in [5.74, 6) is -2.16. The zero-order chi connectivity index (χ0) is 92.1. The maximum Gasteiger partial charge on any atom is 0.220 e. The number of carbonyl (C=O) groups excluding carboxylic acids is 3. The normalized spacial score (nSPS) is 38.1. The van der Waals surface area contributed by atoms with Crippen molar-refractivity contribution in [2.24, 2.45) is 0 Å². The van der Waals surface area contributed by atoms with Gasteiger partial charge in [0, 0.05) is 20.3 Å². The summed E-state index contributed by atoms with van der Waals surface area (Å²) in [5, 5.41) is 232. The molecule has 0 aromatic heterocycles. The number of hydrogen-bond acceptors (Lipinski definition) is 37. The van der Waals surface area contributed by atoms with Crippen LogP contribution in [0.2, 0.25) is 0 Å². The van der Waals surface area contributed by atoms with Crippen molar-refractivity contribution in [3.05, 3.63) is 12.2 Å². The molecule has 736 valence electrons. The molecule has 0 saturated carbocycles. The highest BCUT2D eigenvalue weighted by molar-refractivity contribution is 5.76. The Morgan fingerprint density at radius 2 is 0.651 bits per heavy atom. The van der Waals surface area contributed by atoms with Gasteiger partial charge >= 0.3 is 0 Å². The monoisotopic (exact) mass is 1820 g/mol. The van der Waals surface area contributed by atoms with Crippen LogP contribution in [-0.2, 0) is 80.7 Å². The molecule has 7 aliphatic rings. The Hall–Kier alpha value is -3.21. The van der Waals surface area contributed by atoms with Crippen LogP contribution < -0.4 is 16.0 Å². The van der Waals surface area contributed by atoms with E-state index in [1.807, 2.05) is 6.08 Å². The highest BCUT2D eigenvalue weighted by Crippen LogP contribution is 2.40. The molecule has 3 amide bonds. The van der Waals surface area contributed by atoms with Crippen molar-refractivity contribution in [2.45, 2.75) is 467 Å². The first-order valence-corrected chi connectivity index (χ1v) is 46.3. The molecule has 7 saturated heterocycles. The van der Waals surface area contributed by atoms with Gasteiger partial charge in [-0.05, 0) is 26.2 Å². The number of ether oxygens (including phenoxy) is 14. The van der Waals surface area contributed by atoms with Gasteiger partial charge < -0.3 is 184 Å². The van der Waals surface area contributed by atoms with E-state index in [1.54, 1.807) is 6.08 Å². The van der Waals surface area contributed by atoms with Crippen LogP contribution in [0.25, 0.3) is 0 Å². The molecule has 7 rings (SSSR count). The number of aliphatic hydroxyl groups excluding tert-OH is 20. The van der Waals surface area contributed by atoms with Gasteiger partial charge in [-0.1, -0.05) is 206 Å². The summed E-state index contributed by atoms with van der Waals surface area (Å²) >= 11 is 0. The zero-order valence-corrected chi connectivity index (χ0v) is 74.0. The van der Waals surface area contributed by atoms with Crippen LogP contribution >= 0.6 is 0 Å². The SMILES string of the molecule is CCCCCCCCCCCCC/C=C/[C@@H](O)[C@H](CO[C@@H]1OC(CO)[C@@H](O[C@@H]2OC(CO)[C@H](O)[C@H](O[C@@H]3OC(CO)[C@@H](O[C@@H]4OC(CO)[C@H](O)[C@H](O[C@@H]5OC(CO)[C@@H](O[C@@H]6OC(CO)[C@H](O)[C@H](O)C6O)[C@H](O[C@H]6OC(C)[C@@H](O)C(O)[C@@H]6O)C5NC(C)=O)C4O)[C@H](O)C3NC(C)=O)C2O)[C@H](O)C1O)NC(=O)CCCCCCCCCCCCCCCCCCCCC. The fourth-order valence-corrected chi connectivity index (χ4v) is 17.2. The Bertz CT molecular complexity index is 2990. The summed E-state index contributed by atoms with van der Waals surface area (Å²) in [5.41, 5.74) is 0. The summed E-state index contributed by atoms with van der Waals surface area (Å²) < 4.78 is 84.0. The van der Waals surface area contributed by atoms with Crippen LogP contribution in [0.3, 0.4) is 0 Å². The first-order chi connectivity index (χ1) is 60.5. The zero-order valence-electron chi connectivity index (χ0n) is 74.0. The van der Waals surface area contributed by atoms with E-state index in [0.717, 1.165) is 65.2 Å². The van der Waals surface area contributed by atoms with Gasteiger partial charge in [0.05, 0.1) is 64.5 Å². The lowest BCUT2D eigenvalue weighted by Crippen LogP contribution is -2.71. The molecule has 23 N–H and O–H groups in total. The van der Waals surface area contributed by atoms with Gasteiger partial charge in [-0.2, -0.15) is 0 Å². The van der Waals surface area contributed by atoms with Gasteiger partial charge in [-0.25, -0.2) is 0 Å². The third-order valence-corrected chi connectivity index (χ3v) is 24.8. The van der Waals surface area contributed by atoms with Crippen LogP contribution in [0.1, 0.15) is 240 Å². The second kappa shape index (κ2) is 58.2. The van der Waals surface area contributed by atoms with E-state index >= 15 is 0 Å².